The second kappa shape index (κ2) is 8.17. The highest BCUT2D eigenvalue weighted by molar-refractivity contribution is 6.34. The van der Waals surface area contributed by atoms with Gasteiger partial charge in [0, 0.05) is 42.3 Å². The van der Waals surface area contributed by atoms with Gasteiger partial charge in [0.25, 0.3) is 0 Å². The summed E-state index contributed by atoms with van der Waals surface area (Å²) in [5.41, 5.74) is 1.84. The number of aromatic nitrogens is 3. The van der Waals surface area contributed by atoms with Crippen molar-refractivity contribution in [2.45, 2.75) is 31.8 Å². The maximum Gasteiger partial charge on any atom is 0.244 e. The van der Waals surface area contributed by atoms with E-state index in [-0.39, 0.29) is 12.5 Å². The molecule has 0 bridgehead atoms. The minimum atomic E-state index is -0.0469. The quantitative estimate of drug-likeness (QED) is 0.864. The molecule has 0 saturated carbocycles. The summed E-state index contributed by atoms with van der Waals surface area (Å²) in [6, 6.07) is 5.28. The molecule has 1 aromatic heterocycles. The summed E-state index contributed by atoms with van der Waals surface area (Å²) < 4.78 is 1.60. The number of likely N-dealkylation sites (N-methyl/N-ethyl adjacent to an activating group) is 1. The van der Waals surface area contributed by atoms with E-state index in [1.165, 1.54) is 0 Å². The van der Waals surface area contributed by atoms with E-state index in [0.29, 0.717) is 22.5 Å². The number of amides is 1. The van der Waals surface area contributed by atoms with Gasteiger partial charge in [-0.25, -0.2) is 4.68 Å². The molecular weight excluding hydrogens is 361 g/mol. The largest absolute Gasteiger partial charge is 0.340 e. The Morgan fingerprint density at radius 2 is 2.12 bits per heavy atom. The molecule has 8 heteroatoms. The van der Waals surface area contributed by atoms with Gasteiger partial charge < -0.3 is 10.2 Å². The molecule has 134 valence electrons. The number of nitrogens with one attached hydrogen (secondary N) is 1. The van der Waals surface area contributed by atoms with Crippen LogP contribution in [0.3, 0.4) is 0 Å². The first kappa shape index (κ1) is 18.2. The van der Waals surface area contributed by atoms with Crippen LogP contribution in [0.4, 0.5) is 0 Å². The van der Waals surface area contributed by atoms with Crippen LogP contribution in [0.15, 0.2) is 24.4 Å². The van der Waals surface area contributed by atoms with Gasteiger partial charge in [-0.3, -0.25) is 4.79 Å². The lowest BCUT2D eigenvalue weighted by Gasteiger charge is -2.20. The Kier molecular flexibility index (Phi) is 5.93. The molecule has 1 saturated heterocycles. The zero-order valence-electron chi connectivity index (χ0n) is 14.1. The van der Waals surface area contributed by atoms with Gasteiger partial charge in [-0.05, 0) is 43.1 Å². The van der Waals surface area contributed by atoms with Crippen molar-refractivity contribution < 1.29 is 4.79 Å². The average Bonchev–Trinajstić information content (AvgIpc) is 3.03. The van der Waals surface area contributed by atoms with Gasteiger partial charge in [-0.1, -0.05) is 28.4 Å². The Labute approximate surface area is 157 Å². The van der Waals surface area contributed by atoms with E-state index in [2.05, 4.69) is 15.6 Å². The van der Waals surface area contributed by atoms with E-state index in [1.807, 2.05) is 6.20 Å². The lowest BCUT2D eigenvalue weighted by atomic mass is 9.97. The molecule has 1 aliphatic rings. The lowest BCUT2D eigenvalue weighted by molar-refractivity contribution is -0.131. The molecule has 1 amide bonds. The van der Waals surface area contributed by atoms with Gasteiger partial charge >= 0.3 is 0 Å². The third-order valence-electron chi connectivity index (χ3n) is 4.34. The van der Waals surface area contributed by atoms with E-state index >= 15 is 0 Å². The predicted molar refractivity (Wildman–Crippen MR) is 97.8 cm³/mol. The second-order valence-corrected chi connectivity index (χ2v) is 7.28. The first-order chi connectivity index (χ1) is 12.0. The molecule has 1 atom stereocenters. The van der Waals surface area contributed by atoms with Gasteiger partial charge in [0.15, 0.2) is 0 Å². The highest BCUT2D eigenvalue weighted by Gasteiger charge is 2.19. The maximum atomic E-state index is 12.4. The van der Waals surface area contributed by atoms with Crippen molar-refractivity contribution in [1.29, 1.82) is 0 Å². The van der Waals surface area contributed by atoms with Crippen molar-refractivity contribution in [1.82, 2.24) is 25.2 Å². The van der Waals surface area contributed by atoms with E-state index < -0.39 is 0 Å². The van der Waals surface area contributed by atoms with Crippen molar-refractivity contribution in [3.8, 4) is 0 Å². The molecule has 0 spiro atoms. The minimum Gasteiger partial charge on any atom is -0.340 e. The average molecular weight is 382 g/mol. The summed E-state index contributed by atoms with van der Waals surface area (Å²) in [6.07, 6.45) is 4.12. The summed E-state index contributed by atoms with van der Waals surface area (Å²) in [4.78, 5) is 14.1. The lowest BCUT2D eigenvalue weighted by Crippen LogP contribution is -2.30. The molecule has 1 aromatic carbocycles. The van der Waals surface area contributed by atoms with E-state index in [4.69, 9.17) is 23.2 Å². The number of carbonyl (C=O) groups is 1. The fourth-order valence-electron chi connectivity index (χ4n) is 3.01. The third kappa shape index (κ3) is 4.93. The van der Waals surface area contributed by atoms with Crippen molar-refractivity contribution in [3.05, 3.63) is 45.7 Å². The van der Waals surface area contributed by atoms with Gasteiger partial charge in [-0.15, -0.1) is 5.10 Å². The first-order valence-corrected chi connectivity index (χ1v) is 9.06. The highest BCUT2D eigenvalue weighted by atomic mass is 35.5. The number of piperidine rings is 1. The zero-order chi connectivity index (χ0) is 17.8. The minimum absolute atomic E-state index is 0.0469. The van der Waals surface area contributed by atoms with Crippen LogP contribution in [0.5, 0.6) is 0 Å². The fourth-order valence-corrected chi connectivity index (χ4v) is 3.58. The molecule has 1 fully saturated rings. The van der Waals surface area contributed by atoms with Crippen molar-refractivity contribution in [3.63, 3.8) is 0 Å². The first-order valence-electron chi connectivity index (χ1n) is 8.31. The fraction of sp³-hybridized carbons (Fsp3) is 0.471. The number of benzene rings is 1. The Morgan fingerprint density at radius 3 is 2.80 bits per heavy atom. The van der Waals surface area contributed by atoms with Crippen LogP contribution in [0.2, 0.25) is 10.0 Å². The SMILES string of the molecule is CN(Cc1cc(Cl)cc(Cl)c1)C(=O)Cn1cc(C2CCCNC2)nn1. The molecular formula is C17H21Cl2N5O. The van der Waals surface area contributed by atoms with Crippen LogP contribution >= 0.6 is 23.2 Å². The maximum absolute atomic E-state index is 12.4. The zero-order valence-corrected chi connectivity index (χ0v) is 15.6. The molecule has 2 aromatic rings. The van der Waals surface area contributed by atoms with Gasteiger partial charge in [0.2, 0.25) is 5.91 Å². The Hall–Kier alpha value is -1.63. The Morgan fingerprint density at radius 1 is 1.36 bits per heavy atom. The number of carbonyl (C=O) groups excluding carboxylic acids is 1. The van der Waals surface area contributed by atoms with Crippen molar-refractivity contribution in [2.24, 2.45) is 0 Å². The molecule has 1 N–H and O–H groups in total. The Bertz CT molecular complexity index is 722. The van der Waals surface area contributed by atoms with Crippen molar-refractivity contribution >= 4 is 29.1 Å². The normalized spacial score (nSPS) is 17.5. The number of rotatable bonds is 5. The number of hydrogen-bond donors (Lipinski definition) is 1. The summed E-state index contributed by atoms with van der Waals surface area (Å²) in [6.45, 7) is 2.58. The van der Waals surface area contributed by atoms with Gasteiger partial charge in [0.05, 0.1) is 5.69 Å². The number of halogens is 2. The smallest absolute Gasteiger partial charge is 0.244 e. The molecule has 6 nitrogen and oxygen atoms in total. The standard InChI is InChI=1S/C17H21Cl2N5O/c1-23(9-12-5-14(18)7-15(19)6-12)17(25)11-24-10-16(21-22-24)13-3-2-4-20-8-13/h5-7,10,13,20H,2-4,8-9,11H2,1H3. The summed E-state index contributed by atoms with van der Waals surface area (Å²) in [5, 5.41) is 12.8. The molecule has 1 aliphatic heterocycles. The van der Waals surface area contributed by atoms with Crippen LogP contribution in [0.25, 0.3) is 0 Å². The summed E-state index contributed by atoms with van der Waals surface area (Å²) in [7, 11) is 1.75. The third-order valence-corrected chi connectivity index (χ3v) is 4.77. The van der Waals surface area contributed by atoms with Crippen molar-refractivity contribution in [2.75, 3.05) is 20.1 Å². The van der Waals surface area contributed by atoms with Crippen LogP contribution in [0, 0.1) is 0 Å². The molecule has 25 heavy (non-hydrogen) atoms. The van der Waals surface area contributed by atoms with Crippen LogP contribution < -0.4 is 5.32 Å². The van der Waals surface area contributed by atoms with E-state index in [0.717, 1.165) is 37.2 Å². The van der Waals surface area contributed by atoms with E-state index in [9.17, 15) is 4.79 Å². The molecule has 0 radical (unpaired) electrons. The number of hydrogen-bond acceptors (Lipinski definition) is 4. The topological polar surface area (TPSA) is 63.1 Å². The van der Waals surface area contributed by atoms with Crippen LogP contribution in [-0.4, -0.2) is 45.9 Å². The van der Waals surface area contributed by atoms with Gasteiger partial charge in [0.1, 0.15) is 6.54 Å². The second-order valence-electron chi connectivity index (χ2n) is 6.41. The molecule has 0 aliphatic carbocycles. The highest BCUT2D eigenvalue weighted by Crippen LogP contribution is 2.21. The number of nitrogens with zero attached hydrogens (tertiary/aromatic N) is 4. The van der Waals surface area contributed by atoms with Gasteiger partial charge in [-0.2, -0.15) is 0 Å². The molecule has 3 rings (SSSR count). The van der Waals surface area contributed by atoms with Crippen LogP contribution in [0.1, 0.15) is 30.0 Å². The predicted octanol–water partition coefficient (Wildman–Crippen LogP) is 2.71. The Balaban J connectivity index is 1.58. The molecule has 2 heterocycles. The summed E-state index contributed by atoms with van der Waals surface area (Å²) in [5.74, 6) is 0.332. The summed E-state index contributed by atoms with van der Waals surface area (Å²) >= 11 is 12.0. The monoisotopic (exact) mass is 381 g/mol. The van der Waals surface area contributed by atoms with E-state index in [1.54, 1.807) is 34.8 Å². The van der Waals surface area contributed by atoms with Crippen LogP contribution in [-0.2, 0) is 17.9 Å². The molecule has 1 unspecified atom stereocenters.